The van der Waals surface area contributed by atoms with Crippen LogP contribution in [-0.4, -0.2) is 59.8 Å². The van der Waals surface area contributed by atoms with Crippen LogP contribution in [0.15, 0.2) is 48.5 Å². The SMILES string of the molecule is Cc1ccc(C(=O)N(C)c2ccc(OC(=O)CN3C(=O)N(C)C4(CCCCC4)C3=O)cc2)cc1. The van der Waals surface area contributed by atoms with Crippen LogP contribution in [0.5, 0.6) is 5.75 Å². The lowest BCUT2D eigenvalue weighted by Crippen LogP contribution is -2.49. The van der Waals surface area contributed by atoms with Crippen LogP contribution >= 0.6 is 0 Å². The number of amides is 4. The minimum Gasteiger partial charge on any atom is -0.425 e. The number of anilines is 1. The van der Waals surface area contributed by atoms with Crippen molar-refractivity contribution in [3.8, 4) is 5.75 Å². The normalized spacial score (nSPS) is 17.3. The van der Waals surface area contributed by atoms with Gasteiger partial charge in [0.15, 0.2) is 0 Å². The molecular weight excluding hydrogens is 434 g/mol. The van der Waals surface area contributed by atoms with E-state index in [1.807, 2.05) is 19.1 Å². The van der Waals surface area contributed by atoms with Gasteiger partial charge in [-0.15, -0.1) is 0 Å². The highest BCUT2D eigenvalue weighted by Gasteiger charge is 2.56. The molecule has 1 heterocycles. The minimum atomic E-state index is -0.828. The molecule has 2 aliphatic rings. The molecule has 2 aromatic carbocycles. The number of ether oxygens (including phenoxy) is 1. The predicted octanol–water partition coefficient (Wildman–Crippen LogP) is 3.77. The number of aryl methyl sites for hydroxylation is 1. The van der Waals surface area contributed by atoms with E-state index in [-0.39, 0.29) is 17.6 Å². The molecule has 0 bridgehead atoms. The van der Waals surface area contributed by atoms with Crippen molar-refractivity contribution in [2.75, 3.05) is 25.5 Å². The first-order chi connectivity index (χ1) is 16.2. The molecule has 8 nitrogen and oxygen atoms in total. The van der Waals surface area contributed by atoms with Crippen molar-refractivity contribution in [3.63, 3.8) is 0 Å². The highest BCUT2D eigenvalue weighted by atomic mass is 16.5. The molecule has 2 fully saturated rings. The van der Waals surface area contributed by atoms with Gasteiger partial charge in [-0.1, -0.05) is 37.0 Å². The minimum absolute atomic E-state index is 0.156. The maximum Gasteiger partial charge on any atom is 0.331 e. The van der Waals surface area contributed by atoms with Crippen molar-refractivity contribution in [1.29, 1.82) is 0 Å². The van der Waals surface area contributed by atoms with E-state index in [1.165, 1.54) is 9.80 Å². The second kappa shape index (κ2) is 9.29. The zero-order chi connectivity index (χ0) is 24.5. The van der Waals surface area contributed by atoms with Crippen LogP contribution < -0.4 is 9.64 Å². The Morgan fingerprint density at radius 1 is 0.971 bits per heavy atom. The number of imide groups is 1. The van der Waals surface area contributed by atoms with E-state index in [1.54, 1.807) is 50.5 Å². The van der Waals surface area contributed by atoms with Crippen LogP contribution in [0, 0.1) is 6.92 Å². The summed E-state index contributed by atoms with van der Waals surface area (Å²) in [4.78, 5) is 54.9. The summed E-state index contributed by atoms with van der Waals surface area (Å²) >= 11 is 0. The first-order valence-corrected chi connectivity index (χ1v) is 11.5. The summed E-state index contributed by atoms with van der Waals surface area (Å²) < 4.78 is 5.37. The number of likely N-dealkylation sites (N-methyl/N-ethyl adjacent to an activating group) is 1. The van der Waals surface area contributed by atoms with Gasteiger partial charge in [-0.2, -0.15) is 0 Å². The summed E-state index contributed by atoms with van der Waals surface area (Å²) in [6, 6.07) is 13.4. The molecule has 0 unspecified atom stereocenters. The van der Waals surface area contributed by atoms with E-state index in [9.17, 15) is 19.2 Å². The summed E-state index contributed by atoms with van der Waals surface area (Å²) in [5.74, 6) is -0.899. The molecule has 0 aromatic heterocycles. The first-order valence-electron chi connectivity index (χ1n) is 11.5. The van der Waals surface area contributed by atoms with Crippen LogP contribution in [0.1, 0.15) is 48.0 Å². The highest BCUT2D eigenvalue weighted by Crippen LogP contribution is 2.39. The summed E-state index contributed by atoms with van der Waals surface area (Å²) in [6.45, 7) is 1.52. The maximum atomic E-state index is 13.0. The Bertz CT molecular complexity index is 1100. The Balaban J connectivity index is 1.38. The number of urea groups is 1. The average Bonchev–Trinajstić information content (AvgIpc) is 3.01. The van der Waals surface area contributed by atoms with Crippen molar-refractivity contribution in [2.24, 2.45) is 0 Å². The van der Waals surface area contributed by atoms with Gasteiger partial charge in [0, 0.05) is 25.3 Å². The van der Waals surface area contributed by atoms with Crippen LogP contribution in [0.2, 0.25) is 0 Å². The molecule has 2 aromatic rings. The van der Waals surface area contributed by atoms with Gasteiger partial charge in [0.1, 0.15) is 17.8 Å². The van der Waals surface area contributed by atoms with Gasteiger partial charge in [0.05, 0.1) is 0 Å². The monoisotopic (exact) mass is 463 g/mol. The largest absolute Gasteiger partial charge is 0.425 e. The van der Waals surface area contributed by atoms with Gasteiger partial charge in [-0.3, -0.25) is 14.5 Å². The van der Waals surface area contributed by atoms with Crippen molar-refractivity contribution < 1.29 is 23.9 Å². The van der Waals surface area contributed by atoms with Crippen molar-refractivity contribution in [1.82, 2.24) is 9.80 Å². The number of esters is 1. The fourth-order valence-electron chi connectivity index (χ4n) is 4.71. The lowest BCUT2D eigenvalue weighted by atomic mass is 9.81. The number of carbonyl (C=O) groups is 4. The van der Waals surface area contributed by atoms with Gasteiger partial charge in [0.2, 0.25) is 0 Å². The van der Waals surface area contributed by atoms with E-state index in [4.69, 9.17) is 4.74 Å². The smallest absolute Gasteiger partial charge is 0.331 e. The third kappa shape index (κ3) is 4.27. The van der Waals surface area contributed by atoms with Gasteiger partial charge in [0.25, 0.3) is 11.8 Å². The Kier molecular flexibility index (Phi) is 6.41. The number of nitrogens with zero attached hydrogens (tertiary/aromatic N) is 3. The average molecular weight is 464 g/mol. The number of hydrogen-bond acceptors (Lipinski definition) is 5. The van der Waals surface area contributed by atoms with E-state index >= 15 is 0 Å². The molecule has 178 valence electrons. The molecule has 8 heteroatoms. The molecule has 0 atom stereocenters. The Labute approximate surface area is 199 Å². The molecular formula is C26H29N3O5. The second-order valence-corrected chi connectivity index (χ2v) is 9.02. The second-order valence-electron chi connectivity index (χ2n) is 9.02. The summed E-state index contributed by atoms with van der Waals surface area (Å²) in [5, 5.41) is 0. The van der Waals surface area contributed by atoms with Crippen LogP contribution in [0.25, 0.3) is 0 Å². The van der Waals surface area contributed by atoms with Crippen LogP contribution in [0.3, 0.4) is 0 Å². The third-order valence-electron chi connectivity index (χ3n) is 6.83. The Morgan fingerprint density at radius 2 is 1.59 bits per heavy atom. The fraction of sp³-hybridized carbons (Fsp3) is 0.385. The molecule has 0 radical (unpaired) electrons. The summed E-state index contributed by atoms with van der Waals surface area (Å²) in [7, 11) is 3.30. The lowest BCUT2D eigenvalue weighted by Gasteiger charge is -2.35. The zero-order valence-corrected chi connectivity index (χ0v) is 19.7. The van der Waals surface area contributed by atoms with Gasteiger partial charge in [-0.25, -0.2) is 9.59 Å². The quantitative estimate of drug-likeness (QED) is 0.383. The number of rotatable bonds is 5. The van der Waals surface area contributed by atoms with Crippen molar-refractivity contribution >= 4 is 29.5 Å². The Hall–Kier alpha value is -3.68. The third-order valence-corrected chi connectivity index (χ3v) is 6.83. The summed E-state index contributed by atoms with van der Waals surface area (Å²) in [5.41, 5.74) is 1.45. The molecule has 4 amide bonds. The maximum absolute atomic E-state index is 13.0. The van der Waals surface area contributed by atoms with E-state index in [0.717, 1.165) is 29.7 Å². The molecule has 34 heavy (non-hydrogen) atoms. The van der Waals surface area contributed by atoms with Crippen molar-refractivity contribution in [3.05, 3.63) is 59.7 Å². The van der Waals surface area contributed by atoms with Gasteiger partial charge in [-0.05, 0) is 56.2 Å². The number of carbonyl (C=O) groups excluding carboxylic acids is 4. The fourth-order valence-corrected chi connectivity index (χ4v) is 4.71. The molecule has 1 spiro atoms. The molecule has 0 N–H and O–H groups in total. The lowest BCUT2D eigenvalue weighted by molar-refractivity contribution is -0.142. The van der Waals surface area contributed by atoms with Crippen LogP contribution in [0.4, 0.5) is 10.5 Å². The van der Waals surface area contributed by atoms with E-state index < -0.39 is 24.1 Å². The van der Waals surface area contributed by atoms with Gasteiger partial charge >= 0.3 is 12.0 Å². The van der Waals surface area contributed by atoms with E-state index in [2.05, 4.69) is 0 Å². The standard InChI is InChI=1S/C26H29N3O5/c1-18-7-9-19(10-8-18)23(31)27(2)20-11-13-21(14-12-20)34-22(30)17-29-24(32)26(28(3)25(29)33)15-5-4-6-16-26/h7-14H,4-6,15-17H2,1-3H3. The number of benzene rings is 2. The molecule has 1 aliphatic carbocycles. The molecule has 1 saturated heterocycles. The van der Waals surface area contributed by atoms with Crippen LogP contribution in [-0.2, 0) is 9.59 Å². The first kappa shape index (κ1) is 23.5. The highest BCUT2D eigenvalue weighted by molar-refractivity contribution is 6.08. The molecule has 1 saturated carbocycles. The summed E-state index contributed by atoms with van der Waals surface area (Å²) in [6.07, 6.45) is 4.05. The Morgan fingerprint density at radius 3 is 2.21 bits per heavy atom. The molecule has 1 aliphatic heterocycles. The predicted molar refractivity (Wildman–Crippen MR) is 127 cm³/mol. The van der Waals surface area contributed by atoms with Crippen molar-refractivity contribution in [2.45, 2.75) is 44.6 Å². The zero-order valence-electron chi connectivity index (χ0n) is 19.7. The molecule has 4 rings (SSSR count). The number of hydrogen-bond donors (Lipinski definition) is 0. The van der Waals surface area contributed by atoms with Gasteiger partial charge < -0.3 is 14.5 Å². The topological polar surface area (TPSA) is 87.2 Å². The van der Waals surface area contributed by atoms with E-state index in [0.29, 0.717) is 24.1 Å².